The molecule has 1 spiro atoms. The maximum absolute atomic E-state index is 12.0. The van der Waals surface area contributed by atoms with Crippen molar-refractivity contribution in [3.63, 3.8) is 0 Å². The molecule has 0 bridgehead atoms. The molecule has 0 N–H and O–H groups in total. The summed E-state index contributed by atoms with van der Waals surface area (Å²) in [5.74, 6) is 1.25. The van der Waals surface area contributed by atoms with Crippen LogP contribution in [0.15, 0.2) is 53.7 Å². The molecule has 1 aromatic rings. The number of carbonyl (C=O) groups is 1. The van der Waals surface area contributed by atoms with Crippen LogP contribution in [0.25, 0.3) is 0 Å². The minimum Gasteiger partial charge on any atom is -0.331 e. The van der Waals surface area contributed by atoms with Gasteiger partial charge in [0.15, 0.2) is 5.78 Å². The van der Waals surface area contributed by atoms with Crippen molar-refractivity contribution in [2.24, 2.45) is 4.99 Å². The fourth-order valence-corrected chi connectivity index (χ4v) is 3.24. The van der Waals surface area contributed by atoms with Crippen LogP contribution in [0.1, 0.15) is 28.8 Å². The van der Waals surface area contributed by atoms with Gasteiger partial charge >= 0.3 is 0 Å². The van der Waals surface area contributed by atoms with Crippen molar-refractivity contribution < 1.29 is 4.79 Å². The molecule has 0 aromatic heterocycles. The van der Waals surface area contributed by atoms with Gasteiger partial charge in [0.2, 0.25) is 0 Å². The maximum Gasteiger partial charge on any atom is 0.163 e. The van der Waals surface area contributed by atoms with Crippen molar-refractivity contribution in [2.45, 2.75) is 18.4 Å². The Morgan fingerprint density at radius 3 is 3.00 bits per heavy atom. The fourth-order valence-electron chi connectivity index (χ4n) is 3.24. The fraction of sp³-hybridized carbons (Fsp3) is 0.250. The van der Waals surface area contributed by atoms with E-state index in [-0.39, 0.29) is 11.3 Å². The van der Waals surface area contributed by atoms with E-state index in [1.807, 2.05) is 36.4 Å². The number of benzene rings is 1. The van der Waals surface area contributed by atoms with Gasteiger partial charge in [-0.25, -0.2) is 0 Å². The van der Waals surface area contributed by atoms with E-state index in [4.69, 9.17) is 4.99 Å². The molecule has 1 aliphatic carbocycles. The Kier molecular flexibility index (Phi) is 2.07. The number of ketones is 1. The van der Waals surface area contributed by atoms with Crippen LogP contribution in [-0.4, -0.2) is 23.1 Å². The Bertz CT molecular complexity index is 656. The third-order valence-corrected chi connectivity index (χ3v) is 4.17. The highest BCUT2D eigenvalue weighted by molar-refractivity contribution is 6.01. The minimum absolute atomic E-state index is 0.237. The molecule has 3 heteroatoms. The Hall–Kier alpha value is -2.16. The average molecular weight is 250 g/mol. The third kappa shape index (κ3) is 1.44. The largest absolute Gasteiger partial charge is 0.331 e. The van der Waals surface area contributed by atoms with Gasteiger partial charge in [0.05, 0.1) is 6.54 Å². The predicted molar refractivity (Wildman–Crippen MR) is 74.1 cm³/mol. The van der Waals surface area contributed by atoms with Gasteiger partial charge < -0.3 is 4.90 Å². The number of fused-ring (bicyclic) bond motifs is 3. The molecule has 3 nitrogen and oxygen atoms in total. The second-order valence-corrected chi connectivity index (χ2v) is 5.30. The summed E-state index contributed by atoms with van der Waals surface area (Å²) >= 11 is 0. The number of rotatable bonds is 0. The third-order valence-electron chi connectivity index (χ3n) is 4.17. The van der Waals surface area contributed by atoms with Crippen molar-refractivity contribution >= 4 is 11.6 Å². The van der Waals surface area contributed by atoms with Crippen molar-refractivity contribution in [2.75, 3.05) is 6.54 Å². The number of Topliss-reactive ketones (excluding diaryl/α,β-unsaturated/α-hetero) is 1. The van der Waals surface area contributed by atoms with E-state index >= 15 is 0 Å². The SMILES string of the molecule is O=C1CCC2(CN3C=CC=CC3=N2)c2ccccc21. The molecule has 0 amide bonds. The Morgan fingerprint density at radius 2 is 2.11 bits per heavy atom. The molecule has 19 heavy (non-hydrogen) atoms. The van der Waals surface area contributed by atoms with Crippen LogP contribution >= 0.6 is 0 Å². The van der Waals surface area contributed by atoms with Gasteiger partial charge in [0, 0.05) is 18.2 Å². The van der Waals surface area contributed by atoms with Gasteiger partial charge in [0.25, 0.3) is 0 Å². The van der Waals surface area contributed by atoms with E-state index in [0.29, 0.717) is 6.42 Å². The number of nitrogens with zero attached hydrogens (tertiary/aromatic N) is 2. The molecule has 0 saturated carbocycles. The van der Waals surface area contributed by atoms with E-state index in [1.54, 1.807) is 0 Å². The Balaban J connectivity index is 1.88. The van der Waals surface area contributed by atoms with Crippen molar-refractivity contribution in [3.8, 4) is 0 Å². The first-order valence-electron chi connectivity index (χ1n) is 6.63. The smallest absolute Gasteiger partial charge is 0.163 e. The summed E-state index contributed by atoms with van der Waals surface area (Å²) in [4.78, 5) is 19.2. The lowest BCUT2D eigenvalue weighted by molar-refractivity contribution is 0.0952. The molecule has 2 aliphatic heterocycles. The second kappa shape index (κ2) is 3.67. The van der Waals surface area contributed by atoms with Crippen molar-refractivity contribution in [3.05, 3.63) is 59.8 Å². The van der Waals surface area contributed by atoms with Gasteiger partial charge in [0.1, 0.15) is 11.4 Å². The number of aliphatic imine (C=N–C) groups is 1. The number of hydrogen-bond donors (Lipinski definition) is 0. The average Bonchev–Trinajstić information content (AvgIpc) is 2.83. The van der Waals surface area contributed by atoms with Crippen molar-refractivity contribution in [1.29, 1.82) is 0 Å². The van der Waals surface area contributed by atoms with E-state index in [1.165, 1.54) is 0 Å². The zero-order chi connectivity index (χ0) is 12.9. The summed E-state index contributed by atoms with van der Waals surface area (Å²) in [6, 6.07) is 7.93. The van der Waals surface area contributed by atoms with Gasteiger partial charge in [-0.05, 0) is 24.1 Å². The Labute approximate surface area is 112 Å². The molecule has 94 valence electrons. The summed E-state index contributed by atoms with van der Waals surface area (Å²) in [6.07, 6.45) is 9.53. The zero-order valence-corrected chi connectivity index (χ0v) is 10.5. The number of carbonyl (C=O) groups excluding carboxylic acids is 1. The molecule has 4 rings (SSSR count). The molecular weight excluding hydrogens is 236 g/mol. The second-order valence-electron chi connectivity index (χ2n) is 5.30. The number of hydrogen-bond acceptors (Lipinski definition) is 3. The quantitative estimate of drug-likeness (QED) is 0.709. The molecule has 1 aromatic carbocycles. The van der Waals surface area contributed by atoms with Crippen LogP contribution in [0, 0.1) is 0 Å². The van der Waals surface area contributed by atoms with Crippen LogP contribution in [0.2, 0.25) is 0 Å². The summed E-state index contributed by atoms with van der Waals surface area (Å²) in [5, 5.41) is 0. The summed E-state index contributed by atoms with van der Waals surface area (Å²) < 4.78 is 0. The first kappa shape index (κ1) is 10.7. The van der Waals surface area contributed by atoms with E-state index < -0.39 is 0 Å². The van der Waals surface area contributed by atoms with E-state index in [0.717, 1.165) is 29.9 Å². The summed E-state index contributed by atoms with van der Waals surface area (Å²) in [7, 11) is 0. The highest BCUT2D eigenvalue weighted by atomic mass is 16.1. The summed E-state index contributed by atoms with van der Waals surface area (Å²) in [5.41, 5.74) is 1.71. The first-order chi connectivity index (χ1) is 9.28. The molecule has 2 heterocycles. The first-order valence-corrected chi connectivity index (χ1v) is 6.63. The van der Waals surface area contributed by atoms with Crippen LogP contribution in [0.5, 0.6) is 0 Å². The topological polar surface area (TPSA) is 32.7 Å². The normalized spacial score (nSPS) is 27.5. The predicted octanol–water partition coefficient (Wildman–Crippen LogP) is 2.66. The van der Waals surface area contributed by atoms with Gasteiger partial charge in [-0.15, -0.1) is 0 Å². The lowest BCUT2D eigenvalue weighted by Crippen LogP contribution is -2.36. The highest BCUT2D eigenvalue weighted by Gasteiger charge is 2.44. The van der Waals surface area contributed by atoms with Crippen LogP contribution < -0.4 is 0 Å². The van der Waals surface area contributed by atoms with E-state index in [9.17, 15) is 4.79 Å². The molecule has 1 unspecified atom stereocenters. The summed E-state index contributed by atoms with van der Waals surface area (Å²) in [6.45, 7) is 0.841. The van der Waals surface area contributed by atoms with Crippen molar-refractivity contribution in [1.82, 2.24) is 4.90 Å². The maximum atomic E-state index is 12.0. The molecular formula is C16H14N2O. The van der Waals surface area contributed by atoms with Crippen LogP contribution in [0.4, 0.5) is 0 Å². The molecule has 0 saturated heterocycles. The zero-order valence-electron chi connectivity index (χ0n) is 10.5. The minimum atomic E-state index is -0.237. The van der Waals surface area contributed by atoms with Crippen LogP contribution in [-0.2, 0) is 5.54 Å². The lowest BCUT2D eigenvalue weighted by atomic mass is 9.76. The monoisotopic (exact) mass is 250 g/mol. The van der Waals surface area contributed by atoms with Crippen LogP contribution in [0.3, 0.4) is 0 Å². The molecule has 1 atom stereocenters. The molecule has 0 fully saturated rings. The lowest BCUT2D eigenvalue weighted by Gasteiger charge is -2.32. The number of allylic oxidation sites excluding steroid dienone is 2. The number of amidine groups is 1. The van der Waals surface area contributed by atoms with Gasteiger partial charge in [-0.3, -0.25) is 9.79 Å². The van der Waals surface area contributed by atoms with E-state index in [2.05, 4.69) is 17.2 Å². The van der Waals surface area contributed by atoms with Gasteiger partial charge in [-0.2, -0.15) is 0 Å². The highest BCUT2D eigenvalue weighted by Crippen LogP contribution is 2.42. The molecule has 3 aliphatic rings. The van der Waals surface area contributed by atoms with Gasteiger partial charge in [-0.1, -0.05) is 30.3 Å². The Morgan fingerprint density at radius 1 is 1.21 bits per heavy atom. The molecule has 0 radical (unpaired) electrons. The standard InChI is InChI=1S/C16H14N2O/c19-14-8-9-16(13-6-2-1-5-12(13)14)11-18-10-4-3-7-15(18)17-16/h1-7,10H,8-9,11H2.